The number of anilines is 1. The Hall–Kier alpha value is -1.00. The van der Waals surface area contributed by atoms with Crippen LogP contribution in [0.1, 0.15) is 55.4 Å². The van der Waals surface area contributed by atoms with Crippen molar-refractivity contribution < 1.29 is 9.53 Å². The first-order chi connectivity index (χ1) is 10.6. The van der Waals surface area contributed by atoms with Crippen molar-refractivity contribution in [3.63, 3.8) is 0 Å². The highest BCUT2D eigenvalue weighted by Gasteiger charge is 2.18. The highest BCUT2D eigenvalue weighted by molar-refractivity contribution is 6.37. The first kappa shape index (κ1) is 17.4. The van der Waals surface area contributed by atoms with Gasteiger partial charge in [-0.3, -0.25) is 0 Å². The number of ether oxygens (including phenoxy) is 1. The van der Waals surface area contributed by atoms with Crippen LogP contribution < -0.4 is 5.32 Å². The number of nitrogens with one attached hydrogen (secondary N) is 1. The molecule has 0 radical (unpaired) electrons. The maximum Gasteiger partial charge on any atom is 0.358 e. The molecule has 1 heterocycles. The van der Waals surface area contributed by atoms with Crippen LogP contribution >= 0.6 is 23.2 Å². The van der Waals surface area contributed by atoms with Crippen molar-refractivity contribution in [2.45, 2.75) is 44.9 Å². The van der Waals surface area contributed by atoms with E-state index < -0.39 is 5.97 Å². The second-order valence-electron chi connectivity index (χ2n) is 5.74. The van der Waals surface area contributed by atoms with Crippen molar-refractivity contribution in [2.24, 2.45) is 5.92 Å². The van der Waals surface area contributed by atoms with Crippen molar-refractivity contribution in [2.75, 3.05) is 19.0 Å². The highest BCUT2D eigenvalue weighted by atomic mass is 35.5. The molecule has 1 N–H and O–H groups in total. The standard InChI is InChI=1S/C16H22Cl2N2O2/c1-22-16(21)15-14(18)12(9-13(17)20-15)19-10-11-7-5-3-2-4-6-8-11/h9,11H,2-8,10H2,1H3,(H,19,20). The molecule has 0 amide bonds. The van der Waals surface area contributed by atoms with E-state index in [0.717, 1.165) is 6.54 Å². The van der Waals surface area contributed by atoms with Crippen LogP contribution in [0.4, 0.5) is 5.69 Å². The molecule has 6 heteroatoms. The van der Waals surface area contributed by atoms with E-state index in [-0.39, 0.29) is 15.9 Å². The number of hydrogen-bond donors (Lipinski definition) is 1. The van der Waals surface area contributed by atoms with Crippen molar-refractivity contribution in [1.82, 2.24) is 4.98 Å². The number of nitrogens with zero attached hydrogens (tertiary/aromatic N) is 1. The lowest BCUT2D eigenvalue weighted by atomic mass is 9.91. The van der Waals surface area contributed by atoms with Crippen LogP contribution in [0.25, 0.3) is 0 Å². The average Bonchev–Trinajstić information content (AvgIpc) is 2.48. The number of carbonyl (C=O) groups excluding carboxylic acids is 1. The minimum Gasteiger partial charge on any atom is -0.464 e. The van der Waals surface area contributed by atoms with E-state index in [1.165, 1.54) is 52.1 Å². The summed E-state index contributed by atoms with van der Waals surface area (Å²) in [5.74, 6) is 0.0476. The summed E-state index contributed by atoms with van der Waals surface area (Å²) in [7, 11) is 1.29. The summed E-state index contributed by atoms with van der Waals surface area (Å²) in [6, 6.07) is 1.65. The van der Waals surface area contributed by atoms with Gasteiger partial charge in [-0.2, -0.15) is 0 Å². The molecule has 1 saturated carbocycles. The zero-order valence-corrected chi connectivity index (χ0v) is 14.3. The number of pyridine rings is 1. The SMILES string of the molecule is COC(=O)c1nc(Cl)cc(NCC2CCCCCCC2)c1Cl. The second kappa shape index (κ2) is 8.59. The van der Waals surface area contributed by atoms with E-state index in [1.54, 1.807) is 6.07 Å². The molecule has 4 nitrogen and oxygen atoms in total. The zero-order valence-electron chi connectivity index (χ0n) is 12.8. The van der Waals surface area contributed by atoms with Gasteiger partial charge in [-0.15, -0.1) is 0 Å². The van der Waals surface area contributed by atoms with Crippen LogP contribution in [0.2, 0.25) is 10.2 Å². The molecule has 1 aromatic heterocycles. The zero-order chi connectivity index (χ0) is 15.9. The number of aromatic nitrogens is 1. The van der Waals surface area contributed by atoms with Gasteiger partial charge in [0.25, 0.3) is 0 Å². The Kier molecular flexibility index (Phi) is 6.77. The van der Waals surface area contributed by atoms with Crippen molar-refractivity contribution in [3.8, 4) is 0 Å². The van der Waals surface area contributed by atoms with Crippen LogP contribution in [0.5, 0.6) is 0 Å². The number of methoxy groups -OCH3 is 1. The Labute approximate surface area is 141 Å². The molecular weight excluding hydrogens is 323 g/mol. The molecule has 0 atom stereocenters. The Morgan fingerprint density at radius 1 is 1.27 bits per heavy atom. The highest BCUT2D eigenvalue weighted by Crippen LogP contribution is 2.29. The molecular formula is C16H22Cl2N2O2. The topological polar surface area (TPSA) is 51.2 Å². The summed E-state index contributed by atoms with van der Waals surface area (Å²) in [6.45, 7) is 0.834. The van der Waals surface area contributed by atoms with Gasteiger partial charge in [-0.05, 0) is 18.8 Å². The third-order valence-electron chi connectivity index (χ3n) is 4.11. The van der Waals surface area contributed by atoms with Gasteiger partial charge < -0.3 is 10.1 Å². The molecule has 1 aromatic rings. The second-order valence-corrected chi connectivity index (χ2v) is 6.50. The Morgan fingerprint density at radius 2 is 1.91 bits per heavy atom. The van der Waals surface area contributed by atoms with Crippen molar-refractivity contribution in [1.29, 1.82) is 0 Å². The third kappa shape index (κ3) is 4.75. The van der Waals surface area contributed by atoms with E-state index >= 15 is 0 Å². The molecule has 0 aromatic carbocycles. The van der Waals surface area contributed by atoms with Gasteiger partial charge in [0.1, 0.15) is 5.15 Å². The molecule has 2 rings (SSSR count). The van der Waals surface area contributed by atoms with E-state index in [4.69, 9.17) is 23.2 Å². The van der Waals surface area contributed by atoms with Crippen LogP contribution in [-0.4, -0.2) is 24.6 Å². The number of halogens is 2. The smallest absolute Gasteiger partial charge is 0.358 e. The summed E-state index contributed by atoms with van der Waals surface area (Å²) in [4.78, 5) is 15.6. The Balaban J connectivity index is 2.05. The maximum atomic E-state index is 11.7. The monoisotopic (exact) mass is 344 g/mol. The van der Waals surface area contributed by atoms with E-state index in [9.17, 15) is 4.79 Å². The molecule has 1 aliphatic rings. The molecule has 1 aliphatic carbocycles. The first-order valence-corrected chi connectivity index (χ1v) is 8.55. The number of esters is 1. The minimum atomic E-state index is -0.582. The van der Waals surface area contributed by atoms with Gasteiger partial charge in [-0.1, -0.05) is 55.3 Å². The molecule has 0 unspecified atom stereocenters. The lowest BCUT2D eigenvalue weighted by molar-refractivity contribution is 0.0594. The molecule has 122 valence electrons. The van der Waals surface area contributed by atoms with E-state index in [0.29, 0.717) is 11.6 Å². The van der Waals surface area contributed by atoms with Crippen molar-refractivity contribution in [3.05, 3.63) is 21.9 Å². The number of hydrogen-bond acceptors (Lipinski definition) is 4. The number of carbonyl (C=O) groups is 1. The fraction of sp³-hybridized carbons (Fsp3) is 0.625. The van der Waals surface area contributed by atoms with E-state index in [2.05, 4.69) is 15.0 Å². The first-order valence-electron chi connectivity index (χ1n) is 7.80. The summed E-state index contributed by atoms with van der Waals surface area (Å²) in [6.07, 6.45) is 9.03. The summed E-state index contributed by atoms with van der Waals surface area (Å²) in [5.41, 5.74) is 0.695. The maximum absolute atomic E-state index is 11.7. The molecule has 22 heavy (non-hydrogen) atoms. The van der Waals surface area contributed by atoms with Gasteiger partial charge >= 0.3 is 5.97 Å². The van der Waals surface area contributed by atoms with Crippen LogP contribution in [0.15, 0.2) is 6.07 Å². The lowest BCUT2D eigenvalue weighted by Gasteiger charge is -2.21. The van der Waals surface area contributed by atoms with Crippen LogP contribution in [-0.2, 0) is 4.74 Å². The van der Waals surface area contributed by atoms with E-state index in [1.807, 2.05) is 0 Å². The van der Waals surface area contributed by atoms with Gasteiger partial charge in [-0.25, -0.2) is 9.78 Å². The Bertz CT molecular complexity index is 515. The summed E-state index contributed by atoms with van der Waals surface area (Å²) >= 11 is 12.2. The van der Waals surface area contributed by atoms with Gasteiger partial charge in [0.15, 0.2) is 5.69 Å². The molecule has 0 aliphatic heterocycles. The van der Waals surface area contributed by atoms with Gasteiger partial charge in [0.05, 0.1) is 17.8 Å². The summed E-state index contributed by atoms with van der Waals surface area (Å²) < 4.78 is 4.68. The fourth-order valence-electron chi connectivity index (χ4n) is 2.86. The number of rotatable bonds is 4. The van der Waals surface area contributed by atoms with Crippen molar-refractivity contribution >= 4 is 34.9 Å². The van der Waals surface area contributed by atoms with Gasteiger partial charge in [0.2, 0.25) is 0 Å². The quantitative estimate of drug-likeness (QED) is 0.620. The molecule has 0 bridgehead atoms. The average molecular weight is 345 g/mol. The molecule has 0 spiro atoms. The van der Waals surface area contributed by atoms with Crippen LogP contribution in [0, 0.1) is 5.92 Å². The largest absolute Gasteiger partial charge is 0.464 e. The van der Waals surface area contributed by atoms with Crippen LogP contribution in [0.3, 0.4) is 0 Å². The van der Waals surface area contributed by atoms with Gasteiger partial charge in [0, 0.05) is 12.6 Å². The molecule has 1 fully saturated rings. The predicted molar refractivity (Wildman–Crippen MR) is 89.9 cm³/mol. The lowest BCUT2D eigenvalue weighted by Crippen LogP contribution is -2.17. The Morgan fingerprint density at radius 3 is 2.55 bits per heavy atom. The normalized spacial score (nSPS) is 16.7. The summed E-state index contributed by atoms with van der Waals surface area (Å²) in [5, 5.41) is 3.82. The fourth-order valence-corrected chi connectivity index (χ4v) is 3.29. The molecule has 0 saturated heterocycles. The predicted octanol–water partition coefficient (Wildman–Crippen LogP) is 4.95. The third-order valence-corrected chi connectivity index (χ3v) is 4.69. The minimum absolute atomic E-state index is 0.0526.